The molecular formula is C22H26N6O5S. The van der Waals surface area contributed by atoms with Crippen molar-refractivity contribution in [3.8, 4) is 0 Å². The molecule has 2 aromatic heterocycles. The van der Waals surface area contributed by atoms with Gasteiger partial charge in [-0.2, -0.15) is 4.31 Å². The summed E-state index contributed by atoms with van der Waals surface area (Å²) in [5.41, 5.74) is -0.535. The molecule has 0 bridgehead atoms. The Hall–Kier alpha value is -3.35. The predicted molar refractivity (Wildman–Crippen MR) is 127 cm³/mol. The van der Waals surface area contributed by atoms with Crippen LogP contribution < -0.4 is 16.6 Å². The second-order valence-electron chi connectivity index (χ2n) is 8.09. The molecule has 3 aromatic rings. The van der Waals surface area contributed by atoms with E-state index in [9.17, 15) is 22.8 Å². The van der Waals surface area contributed by atoms with Gasteiger partial charge >= 0.3 is 5.69 Å². The lowest BCUT2D eigenvalue weighted by Crippen LogP contribution is -2.48. The van der Waals surface area contributed by atoms with E-state index in [1.165, 1.54) is 59.4 Å². The molecule has 1 amide bonds. The molecule has 1 aliphatic heterocycles. The highest BCUT2D eigenvalue weighted by Gasteiger charge is 2.28. The van der Waals surface area contributed by atoms with E-state index in [1.54, 1.807) is 0 Å². The van der Waals surface area contributed by atoms with Crippen molar-refractivity contribution in [2.24, 2.45) is 14.1 Å². The van der Waals surface area contributed by atoms with Gasteiger partial charge in [-0.1, -0.05) is 6.92 Å². The summed E-state index contributed by atoms with van der Waals surface area (Å²) in [6.45, 7) is 5.20. The van der Waals surface area contributed by atoms with Crippen LogP contribution in [0.5, 0.6) is 0 Å². The maximum Gasteiger partial charge on any atom is 0.332 e. The number of likely N-dealkylation sites (N-methyl/N-ethyl adjacent to an activating group) is 1. The molecule has 3 heterocycles. The second-order valence-corrected chi connectivity index (χ2v) is 10.0. The number of anilines is 1. The van der Waals surface area contributed by atoms with Gasteiger partial charge in [-0.05, 0) is 42.9 Å². The Morgan fingerprint density at radius 1 is 0.971 bits per heavy atom. The number of benzene rings is 1. The van der Waals surface area contributed by atoms with Gasteiger partial charge in [0.15, 0.2) is 0 Å². The number of sulfonamides is 1. The minimum atomic E-state index is -3.61. The fourth-order valence-corrected chi connectivity index (χ4v) is 5.34. The molecule has 1 saturated heterocycles. The maximum absolute atomic E-state index is 12.9. The highest BCUT2D eigenvalue weighted by atomic mass is 32.2. The molecule has 11 nitrogen and oxygen atoms in total. The first-order chi connectivity index (χ1) is 16.1. The smallest absolute Gasteiger partial charge is 0.321 e. The first-order valence-electron chi connectivity index (χ1n) is 10.8. The number of hydrogen-bond acceptors (Lipinski definition) is 7. The second kappa shape index (κ2) is 9.12. The number of piperazine rings is 1. The molecule has 1 aliphatic rings. The molecule has 1 aromatic carbocycles. The topological polar surface area (TPSA) is 127 Å². The third kappa shape index (κ3) is 4.27. The normalized spacial score (nSPS) is 15.5. The van der Waals surface area contributed by atoms with Gasteiger partial charge < -0.3 is 10.2 Å². The maximum atomic E-state index is 12.9. The monoisotopic (exact) mass is 486 g/mol. The van der Waals surface area contributed by atoms with E-state index in [-0.39, 0.29) is 21.6 Å². The average molecular weight is 487 g/mol. The summed E-state index contributed by atoms with van der Waals surface area (Å²) in [4.78, 5) is 43.7. The number of amides is 1. The molecule has 0 radical (unpaired) electrons. The minimum absolute atomic E-state index is 0.0150. The number of hydrogen-bond donors (Lipinski definition) is 1. The largest absolute Gasteiger partial charge is 0.332 e. The Bertz CT molecular complexity index is 1470. The number of rotatable bonds is 5. The van der Waals surface area contributed by atoms with Gasteiger partial charge in [0, 0.05) is 46.0 Å². The Morgan fingerprint density at radius 3 is 2.24 bits per heavy atom. The van der Waals surface area contributed by atoms with Gasteiger partial charge in [-0.25, -0.2) is 18.2 Å². The summed E-state index contributed by atoms with van der Waals surface area (Å²) < 4.78 is 29.5. The molecule has 0 aliphatic carbocycles. The van der Waals surface area contributed by atoms with Crippen molar-refractivity contribution in [2.75, 3.05) is 38.0 Å². The molecule has 0 saturated carbocycles. The van der Waals surface area contributed by atoms with E-state index in [2.05, 4.69) is 15.2 Å². The van der Waals surface area contributed by atoms with Gasteiger partial charge in [0.1, 0.15) is 11.3 Å². The van der Waals surface area contributed by atoms with Crippen LogP contribution in [0.4, 0.5) is 5.69 Å². The standard InChI is InChI=1S/C22H26N6O5S/c1-4-27-11-13-28(14-12-27)34(32,33)16-7-5-15(6-8-16)23-20(29)18-10-9-17-19(24-18)25(2)22(31)26(3)21(17)30/h5-10H,4,11-14H2,1-3H3,(H,23,29). The highest BCUT2D eigenvalue weighted by Crippen LogP contribution is 2.20. The quantitative estimate of drug-likeness (QED) is 0.546. The molecule has 4 rings (SSSR count). The van der Waals surface area contributed by atoms with Crippen molar-refractivity contribution >= 4 is 32.7 Å². The van der Waals surface area contributed by atoms with Gasteiger partial charge in [-0.15, -0.1) is 0 Å². The number of carbonyl (C=O) groups is 1. The summed E-state index contributed by atoms with van der Waals surface area (Å²) in [6.07, 6.45) is 0. The van der Waals surface area contributed by atoms with Crippen LogP contribution in [-0.4, -0.2) is 70.4 Å². The van der Waals surface area contributed by atoms with Crippen LogP contribution in [0.3, 0.4) is 0 Å². The predicted octanol–water partition coefficient (Wildman–Crippen LogP) is 0.211. The summed E-state index contributed by atoms with van der Waals surface area (Å²) in [5, 5.41) is 2.89. The van der Waals surface area contributed by atoms with Crippen LogP contribution in [0.15, 0.2) is 50.9 Å². The zero-order chi connectivity index (χ0) is 24.6. The van der Waals surface area contributed by atoms with E-state index in [4.69, 9.17) is 0 Å². The average Bonchev–Trinajstić information content (AvgIpc) is 2.86. The van der Waals surface area contributed by atoms with Crippen LogP contribution in [0.1, 0.15) is 17.4 Å². The lowest BCUT2D eigenvalue weighted by molar-refractivity contribution is 0.102. The number of nitrogens with zero attached hydrogens (tertiary/aromatic N) is 5. The van der Waals surface area contributed by atoms with Crippen LogP contribution >= 0.6 is 0 Å². The first kappa shape index (κ1) is 23.8. The SMILES string of the molecule is CCN1CCN(S(=O)(=O)c2ccc(NC(=O)c3ccc4c(=O)n(C)c(=O)n(C)c4n3)cc2)CC1. The van der Waals surface area contributed by atoms with E-state index >= 15 is 0 Å². The molecular weight excluding hydrogens is 460 g/mol. The van der Waals surface area contributed by atoms with Crippen molar-refractivity contribution in [1.82, 2.24) is 23.3 Å². The molecule has 0 atom stereocenters. The summed E-state index contributed by atoms with van der Waals surface area (Å²) >= 11 is 0. The molecule has 1 N–H and O–H groups in total. The molecule has 1 fully saturated rings. The van der Waals surface area contributed by atoms with Crippen molar-refractivity contribution in [3.05, 3.63) is 62.9 Å². The van der Waals surface area contributed by atoms with Gasteiger partial charge in [-0.3, -0.25) is 18.7 Å². The molecule has 0 spiro atoms. The lowest BCUT2D eigenvalue weighted by Gasteiger charge is -2.33. The zero-order valence-electron chi connectivity index (χ0n) is 19.2. The Morgan fingerprint density at radius 2 is 1.62 bits per heavy atom. The number of fused-ring (bicyclic) bond motifs is 1. The van der Waals surface area contributed by atoms with Crippen LogP contribution in [-0.2, 0) is 24.1 Å². The fourth-order valence-electron chi connectivity index (χ4n) is 3.92. The Labute approximate surface area is 196 Å². The summed E-state index contributed by atoms with van der Waals surface area (Å²) in [6, 6.07) is 8.79. The van der Waals surface area contributed by atoms with E-state index in [0.717, 1.165) is 11.1 Å². The summed E-state index contributed by atoms with van der Waals surface area (Å²) in [5.74, 6) is -0.554. The molecule has 0 unspecified atom stereocenters. The number of carbonyl (C=O) groups excluding carboxylic acids is 1. The van der Waals surface area contributed by atoms with Gasteiger partial charge in [0.25, 0.3) is 11.5 Å². The number of pyridine rings is 1. The molecule has 180 valence electrons. The summed E-state index contributed by atoms with van der Waals surface area (Å²) in [7, 11) is -0.767. The number of aromatic nitrogens is 3. The lowest BCUT2D eigenvalue weighted by atomic mass is 10.2. The van der Waals surface area contributed by atoms with Crippen LogP contribution in [0.25, 0.3) is 11.0 Å². The Kier molecular flexibility index (Phi) is 6.39. The van der Waals surface area contributed by atoms with E-state index in [1.807, 2.05) is 6.92 Å². The van der Waals surface area contributed by atoms with E-state index in [0.29, 0.717) is 31.9 Å². The van der Waals surface area contributed by atoms with Gasteiger partial charge in [0.2, 0.25) is 10.0 Å². The third-order valence-electron chi connectivity index (χ3n) is 6.06. The molecule has 34 heavy (non-hydrogen) atoms. The third-order valence-corrected chi connectivity index (χ3v) is 7.98. The van der Waals surface area contributed by atoms with Crippen LogP contribution in [0, 0.1) is 0 Å². The van der Waals surface area contributed by atoms with Gasteiger partial charge in [0.05, 0.1) is 10.3 Å². The van der Waals surface area contributed by atoms with E-state index < -0.39 is 27.2 Å². The van der Waals surface area contributed by atoms with Crippen molar-refractivity contribution in [3.63, 3.8) is 0 Å². The number of nitrogens with one attached hydrogen (secondary N) is 1. The highest BCUT2D eigenvalue weighted by molar-refractivity contribution is 7.89. The Balaban J connectivity index is 1.53. The van der Waals surface area contributed by atoms with Crippen molar-refractivity contribution in [1.29, 1.82) is 0 Å². The fraction of sp³-hybridized carbons (Fsp3) is 0.364. The minimum Gasteiger partial charge on any atom is -0.321 e. The molecule has 12 heteroatoms. The van der Waals surface area contributed by atoms with Crippen LogP contribution in [0.2, 0.25) is 0 Å². The van der Waals surface area contributed by atoms with Crippen molar-refractivity contribution in [2.45, 2.75) is 11.8 Å². The van der Waals surface area contributed by atoms with Crippen molar-refractivity contribution < 1.29 is 13.2 Å². The number of aryl methyl sites for hydroxylation is 1. The zero-order valence-corrected chi connectivity index (χ0v) is 20.0. The first-order valence-corrected chi connectivity index (χ1v) is 12.3.